The van der Waals surface area contributed by atoms with E-state index in [9.17, 15) is 0 Å². The molecule has 0 saturated heterocycles. The Kier molecular flexibility index (Phi) is 4.61. The van der Waals surface area contributed by atoms with Gasteiger partial charge in [-0.1, -0.05) is 30.3 Å². The zero-order valence-corrected chi connectivity index (χ0v) is 12.4. The van der Waals surface area contributed by atoms with Crippen molar-refractivity contribution in [2.75, 3.05) is 11.9 Å². The lowest BCUT2D eigenvalue weighted by Crippen LogP contribution is -2.09. The highest BCUT2D eigenvalue weighted by molar-refractivity contribution is 9.10. The molecule has 18 heavy (non-hydrogen) atoms. The summed E-state index contributed by atoms with van der Waals surface area (Å²) in [5.41, 5.74) is 2.26. The van der Waals surface area contributed by atoms with Gasteiger partial charge in [0.15, 0.2) is 0 Å². The summed E-state index contributed by atoms with van der Waals surface area (Å²) >= 11 is 9.76. The normalized spacial score (nSPS) is 12.2. The first kappa shape index (κ1) is 13.4. The van der Waals surface area contributed by atoms with E-state index in [0.717, 1.165) is 21.4 Å². The number of rotatable bonds is 4. The van der Waals surface area contributed by atoms with Crippen LogP contribution in [0.3, 0.4) is 0 Å². The lowest BCUT2D eigenvalue weighted by atomic mass is 10.1. The summed E-state index contributed by atoms with van der Waals surface area (Å²) in [6, 6.07) is 12.0. The highest BCUT2D eigenvalue weighted by Gasteiger charge is 2.07. The van der Waals surface area contributed by atoms with Crippen LogP contribution < -0.4 is 5.32 Å². The Balaban J connectivity index is 1.97. The minimum absolute atomic E-state index is 0.0584. The molecule has 2 rings (SSSR count). The van der Waals surface area contributed by atoms with Crippen molar-refractivity contribution in [2.24, 2.45) is 0 Å². The molecular formula is C14H14BrClN2. The molecule has 1 N–H and O–H groups in total. The predicted octanol–water partition coefficient (Wildman–Crippen LogP) is 4.54. The number of aryl methyl sites for hydroxylation is 1. The second-order valence-electron chi connectivity index (χ2n) is 4.08. The first-order valence-electron chi connectivity index (χ1n) is 5.72. The minimum atomic E-state index is -0.0584. The Morgan fingerprint density at radius 3 is 2.72 bits per heavy atom. The van der Waals surface area contributed by atoms with Crippen LogP contribution in [0.25, 0.3) is 0 Å². The number of nitrogens with one attached hydrogen (secondary N) is 1. The number of benzene rings is 1. The topological polar surface area (TPSA) is 24.9 Å². The van der Waals surface area contributed by atoms with Crippen LogP contribution in [0.1, 0.15) is 16.5 Å². The fourth-order valence-electron chi connectivity index (χ4n) is 1.61. The molecule has 1 aromatic carbocycles. The molecule has 1 unspecified atom stereocenters. The summed E-state index contributed by atoms with van der Waals surface area (Å²) in [6.07, 6.45) is 1.80. The average molecular weight is 326 g/mol. The van der Waals surface area contributed by atoms with Crippen LogP contribution in [0.4, 0.5) is 5.82 Å². The molecule has 0 radical (unpaired) electrons. The summed E-state index contributed by atoms with van der Waals surface area (Å²) in [5, 5.41) is 3.19. The summed E-state index contributed by atoms with van der Waals surface area (Å²) in [6.45, 7) is 2.69. The third-order valence-corrected chi connectivity index (χ3v) is 3.91. The largest absolute Gasteiger partial charge is 0.368 e. The number of hydrogen-bond acceptors (Lipinski definition) is 2. The zero-order chi connectivity index (χ0) is 13.0. The molecule has 1 aromatic heterocycles. The summed E-state index contributed by atoms with van der Waals surface area (Å²) in [5.74, 6) is 0.845. The van der Waals surface area contributed by atoms with Crippen LogP contribution in [0.2, 0.25) is 0 Å². The van der Waals surface area contributed by atoms with Gasteiger partial charge in [-0.25, -0.2) is 4.98 Å². The number of nitrogens with zero attached hydrogens (tertiary/aromatic N) is 1. The summed E-state index contributed by atoms with van der Waals surface area (Å²) < 4.78 is 1.01. The molecule has 0 amide bonds. The van der Waals surface area contributed by atoms with Crippen LogP contribution in [-0.4, -0.2) is 11.5 Å². The van der Waals surface area contributed by atoms with Gasteiger partial charge < -0.3 is 5.32 Å². The van der Waals surface area contributed by atoms with E-state index in [2.05, 4.69) is 26.2 Å². The Morgan fingerprint density at radius 1 is 1.33 bits per heavy atom. The molecule has 2 aromatic rings. The Labute approximate surface area is 121 Å². The Hall–Kier alpha value is -1.06. The first-order valence-corrected chi connectivity index (χ1v) is 6.95. The van der Waals surface area contributed by atoms with Gasteiger partial charge in [-0.15, -0.1) is 11.6 Å². The van der Waals surface area contributed by atoms with Gasteiger partial charge in [0.25, 0.3) is 0 Å². The van der Waals surface area contributed by atoms with E-state index >= 15 is 0 Å². The summed E-state index contributed by atoms with van der Waals surface area (Å²) in [7, 11) is 0. The molecule has 0 aliphatic rings. The quantitative estimate of drug-likeness (QED) is 0.835. The highest BCUT2D eigenvalue weighted by atomic mass is 79.9. The fraction of sp³-hybridized carbons (Fsp3) is 0.214. The smallest absolute Gasteiger partial charge is 0.126 e. The molecule has 1 atom stereocenters. The Bertz CT molecular complexity index is 516. The lowest BCUT2D eigenvalue weighted by molar-refractivity contribution is 0.966. The van der Waals surface area contributed by atoms with Crippen molar-refractivity contribution in [2.45, 2.75) is 12.3 Å². The van der Waals surface area contributed by atoms with E-state index in [1.807, 2.05) is 43.3 Å². The van der Waals surface area contributed by atoms with E-state index < -0.39 is 0 Å². The number of aromatic nitrogens is 1. The van der Waals surface area contributed by atoms with Crippen molar-refractivity contribution >= 4 is 33.3 Å². The van der Waals surface area contributed by atoms with Crippen molar-refractivity contribution < 1.29 is 0 Å². The summed E-state index contributed by atoms with van der Waals surface area (Å²) in [4.78, 5) is 4.29. The molecule has 0 aliphatic heterocycles. The van der Waals surface area contributed by atoms with Crippen molar-refractivity contribution in [3.63, 3.8) is 0 Å². The van der Waals surface area contributed by atoms with Gasteiger partial charge in [-0.2, -0.15) is 0 Å². The van der Waals surface area contributed by atoms with E-state index in [1.165, 1.54) is 0 Å². The third-order valence-electron chi connectivity index (χ3n) is 2.67. The van der Waals surface area contributed by atoms with Gasteiger partial charge in [-0.05, 0) is 40.0 Å². The Morgan fingerprint density at radius 2 is 2.06 bits per heavy atom. The predicted molar refractivity (Wildman–Crippen MR) is 80.2 cm³/mol. The van der Waals surface area contributed by atoms with Gasteiger partial charge in [-0.3, -0.25) is 0 Å². The maximum atomic E-state index is 6.33. The van der Waals surface area contributed by atoms with Crippen molar-refractivity contribution in [3.8, 4) is 0 Å². The van der Waals surface area contributed by atoms with E-state index in [4.69, 9.17) is 11.6 Å². The number of halogens is 2. The second kappa shape index (κ2) is 6.21. The number of hydrogen-bond donors (Lipinski definition) is 1. The zero-order valence-electron chi connectivity index (χ0n) is 10.0. The van der Waals surface area contributed by atoms with Crippen molar-refractivity contribution in [1.29, 1.82) is 0 Å². The van der Waals surface area contributed by atoms with Crippen LogP contribution in [0.5, 0.6) is 0 Å². The average Bonchev–Trinajstić information content (AvgIpc) is 2.41. The van der Waals surface area contributed by atoms with Crippen LogP contribution in [0, 0.1) is 6.92 Å². The number of alkyl halides is 1. The lowest BCUT2D eigenvalue weighted by Gasteiger charge is -2.12. The molecule has 94 valence electrons. The fourth-order valence-corrected chi connectivity index (χ4v) is 2.05. The van der Waals surface area contributed by atoms with Gasteiger partial charge in [0, 0.05) is 17.2 Å². The molecule has 0 fully saturated rings. The standard InChI is InChI=1S/C14H14BrClN2/c1-10-7-14(17-8-12(10)15)18-9-13(16)11-5-3-2-4-6-11/h2-8,13H,9H2,1H3,(H,17,18). The minimum Gasteiger partial charge on any atom is -0.368 e. The van der Waals surface area contributed by atoms with Gasteiger partial charge in [0.2, 0.25) is 0 Å². The van der Waals surface area contributed by atoms with Crippen LogP contribution in [0.15, 0.2) is 47.1 Å². The van der Waals surface area contributed by atoms with Gasteiger partial charge >= 0.3 is 0 Å². The first-order chi connectivity index (χ1) is 8.66. The number of pyridine rings is 1. The monoisotopic (exact) mass is 324 g/mol. The molecular weight excluding hydrogens is 312 g/mol. The second-order valence-corrected chi connectivity index (χ2v) is 5.46. The van der Waals surface area contributed by atoms with E-state index in [0.29, 0.717) is 6.54 Å². The maximum absolute atomic E-state index is 6.33. The third kappa shape index (κ3) is 3.47. The molecule has 0 spiro atoms. The number of anilines is 1. The molecule has 4 heteroatoms. The SMILES string of the molecule is Cc1cc(NCC(Cl)c2ccccc2)ncc1Br. The molecule has 1 heterocycles. The maximum Gasteiger partial charge on any atom is 0.126 e. The molecule has 0 aliphatic carbocycles. The molecule has 2 nitrogen and oxygen atoms in total. The highest BCUT2D eigenvalue weighted by Crippen LogP contribution is 2.21. The van der Waals surface area contributed by atoms with E-state index in [1.54, 1.807) is 6.20 Å². The van der Waals surface area contributed by atoms with Gasteiger partial charge in [0.1, 0.15) is 5.82 Å². The molecule has 0 bridgehead atoms. The van der Waals surface area contributed by atoms with Crippen molar-refractivity contribution in [1.82, 2.24) is 4.98 Å². The van der Waals surface area contributed by atoms with Crippen LogP contribution >= 0.6 is 27.5 Å². The molecule has 0 saturated carbocycles. The van der Waals surface area contributed by atoms with Gasteiger partial charge in [0.05, 0.1) is 5.38 Å². The van der Waals surface area contributed by atoms with Crippen molar-refractivity contribution in [3.05, 3.63) is 58.2 Å². The van der Waals surface area contributed by atoms with E-state index in [-0.39, 0.29) is 5.38 Å². The van der Waals surface area contributed by atoms with Crippen LogP contribution in [-0.2, 0) is 0 Å².